The molecule has 12 amide bonds. The van der Waals surface area contributed by atoms with Gasteiger partial charge in [0.25, 0.3) is 6.47 Å². The zero-order valence-electron chi connectivity index (χ0n) is 75.3. The Morgan fingerprint density at radius 3 is 1.60 bits per heavy atom. The molecule has 1 fully saturated rings. The largest absolute Gasteiger partial charge is 0.508 e. The number of halogens is 2. The van der Waals surface area contributed by atoms with Gasteiger partial charge in [-0.3, -0.25) is 76.7 Å². The minimum absolute atomic E-state index is 0.0139. The number of carbonyl (C=O) groups is 16. The van der Waals surface area contributed by atoms with Gasteiger partial charge in [0.1, 0.15) is 83.9 Å². The molecule has 1 aliphatic heterocycles. The molecule has 0 bridgehead atoms. The summed E-state index contributed by atoms with van der Waals surface area (Å²) in [5, 5.41) is 37.8. The van der Waals surface area contributed by atoms with Crippen molar-refractivity contribution in [2.75, 3.05) is 66.4 Å². The molecule has 7 aromatic rings. The quantitative estimate of drug-likeness (QED) is 0.0306. The van der Waals surface area contributed by atoms with Crippen molar-refractivity contribution in [3.05, 3.63) is 203 Å². The number of phenolic OH excluding ortho intramolecular Hbond substituents is 2. The number of nitrogens with zero attached hydrogens (tertiary/aromatic N) is 5. The van der Waals surface area contributed by atoms with Crippen molar-refractivity contribution in [1.29, 1.82) is 0 Å². The number of ketones is 3. The van der Waals surface area contributed by atoms with E-state index < -0.39 is 235 Å². The molecular formula is C96H119F2N13O19S. The molecule has 0 spiro atoms. The lowest BCUT2D eigenvalue weighted by molar-refractivity contribution is -0.151. The first kappa shape index (κ1) is 103. The number of primary amides is 1. The summed E-state index contributed by atoms with van der Waals surface area (Å²) < 4.78 is 35.4. The van der Waals surface area contributed by atoms with E-state index in [1.807, 2.05) is 6.92 Å². The summed E-state index contributed by atoms with van der Waals surface area (Å²) in [7, 11) is 6.51. The van der Waals surface area contributed by atoms with Crippen LogP contribution in [0.15, 0.2) is 158 Å². The van der Waals surface area contributed by atoms with Crippen molar-refractivity contribution in [3.8, 4) is 11.5 Å². The third-order valence-corrected chi connectivity index (χ3v) is 24.0. The number of H-pyrrole nitrogens is 1. The number of benzene rings is 6. The standard InChI is InChI=1S/C96H119F2N13O19S/c1-11-12-27-80-95(128)107(6)51-70(115)46-65(53-130-56-112)84(117)49-72(58(4)5)92(125)110(9)81(44-59-21-15-13-16-22-59)91(124)105-77(42-62-30-34-69(114)35-31-62)93(126)108(7)52-86(119)101-76(47-64-50-100-73-26-20-19-25-71(64)73)90(123)104-75(41-61-28-32-68(113)33-29-61)89(122)103-74(38-57(2)3)88(121)106-79(83(116)36-37-85(99)118)54-131-55-87(120)102-78(43-63-39-66(97)48-67(98)40-63)94(127)111(10)82(96(129)109(80)8)45-60-23-17-14-18-24-60/h13-26,28-35,39-40,48,50,56-58,65,72,74-82,100,113-114H,11-12,27,36-38,41-47,49,51-55H2,1-10H3,(H2,99,118)(H,101,119)(H,102,120)(H,103,122)(H,104,123)(H,105,124)(H,106,121)/t65-,72-,74-,75-,76-,77-,78-,79-,80-,81-,82-/m0/s1. The van der Waals surface area contributed by atoms with Gasteiger partial charge in [-0.25, -0.2) is 8.78 Å². The van der Waals surface area contributed by atoms with E-state index in [0.29, 0.717) is 57.6 Å². The van der Waals surface area contributed by atoms with Crippen LogP contribution in [0.2, 0.25) is 0 Å². The number of thioether (sulfide) groups is 1. The van der Waals surface area contributed by atoms with Crippen molar-refractivity contribution < 1.29 is 100 Å². The van der Waals surface area contributed by atoms with Crippen molar-refractivity contribution in [1.82, 2.24) is 61.4 Å². The van der Waals surface area contributed by atoms with Gasteiger partial charge >= 0.3 is 0 Å². The van der Waals surface area contributed by atoms with Gasteiger partial charge in [-0.15, -0.1) is 11.8 Å². The first-order valence-corrected chi connectivity index (χ1v) is 44.7. The number of hydrogen-bond acceptors (Lipinski definition) is 20. The van der Waals surface area contributed by atoms with Crippen LogP contribution in [0.25, 0.3) is 10.9 Å². The first-order valence-electron chi connectivity index (χ1n) is 43.5. The van der Waals surface area contributed by atoms with Gasteiger partial charge in [-0.1, -0.05) is 151 Å². The number of nitrogens with two attached hydrogens (primary N) is 1. The molecule has 0 saturated carbocycles. The Kier molecular flexibility index (Phi) is 39.5. The monoisotopic (exact) mass is 1830 g/mol. The predicted molar refractivity (Wildman–Crippen MR) is 485 cm³/mol. The number of aromatic nitrogens is 1. The molecule has 0 radical (unpaired) electrons. The smallest absolute Gasteiger partial charge is 0.293 e. The molecule has 6 aromatic carbocycles. The van der Waals surface area contributed by atoms with Gasteiger partial charge in [-0.05, 0) is 101 Å². The van der Waals surface area contributed by atoms with Crippen LogP contribution >= 0.6 is 11.8 Å². The average Bonchev–Trinajstić information content (AvgIpc) is 1.73. The SMILES string of the molecule is CCCC[C@H]1C(=O)N(C)CC(=O)C[C@@H](COC=O)C(=O)C[C@@H](C(C)C)C(=O)N(C)[C@@H](Cc2ccccc2)C(=O)N[C@@H](Cc2ccc(O)cc2)C(=O)N(C)CC(=O)N[C@@H](Cc2c[nH]c3ccccc23)C(=O)N[C@@H](Cc2ccc(O)cc2)C(=O)N[C@@H](CC(C)C)C(=O)N[C@H](C(=O)CCC(N)=O)CSCC(=O)N[C@@H](Cc2cc(F)cc(F)c2)C(=O)N(C)[C@@H](Cc2ccccc2)C(=O)N1C. The van der Waals surface area contributed by atoms with Gasteiger partial charge in [0.15, 0.2) is 11.6 Å². The predicted octanol–water partition coefficient (Wildman–Crippen LogP) is 5.72. The second kappa shape index (κ2) is 50.1. The molecule has 0 unspecified atom stereocenters. The fourth-order valence-electron chi connectivity index (χ4n) is 15.7. The normalized spacial score (nSPS) is 21.9. The molecule has 702 valence electrons. The van der Waals surface area contributed by atoms with E-state index in [0.717, 1.165) is 48.4 Å². The summed E-state index contributed by atoms with van der Waals surface area (Å²) in [6.45, 7) is 6.59. The number of rotatable bonds is 25. The molecule has 35 heteroatoms. The minimum atomic E-state index is -1.72. The Hall–Kier alpha value is -13.2. The molecule has 1 aromatic heterocycles. The Morgan fingerprint density at radius 1 is 0.519 bits per heavy atom. The Morgan fingerprint density at radius 2 is 1.02 bits per heavy atom. The zero-order chi connectivity index (χ0) is 95.9. The van der Waals surface area contributed by atoms with Crippen LogP contribution in [0.3, 0.4) is 0 Å². The third-order valence-electron chi connectivity index (χ3n) is 23.0. The second-order valence-electron chi connectivity index (χ2n) is 34.0. The number of Topliss-reactive ketones (excluding diaryl/α,β-unsaturated/α-hetero) is 3. The fourth-order valence-corrected chi connectivity index (χ4v) is 16.6. The number of nitrogens with one attached hydrogen (secondary N) is 7. The lowest BCUT2D eigenvalue weighted by Gasteiger charge is -2.37. The molecule has 11 atom stereocenters. The maximum absolute atomic E-state index is 15.5. The van der Waals surface area contributed by atoms with E-state index in [1.54, 1.807) is 119 Å². The number of hydrogen-bond donors (Lipinski definition) is 10. The van der Waals surface area contributed by atoms with Crippen LogP contribution in [0.4, 0.5) is 8.78 Å². The van der Waals surface area contributed by atoms with Gasteiger partial charge in [0, 0.05) is 134 Å². The highest BCUT2D eigenvalue weighted by atomic mass is 32.2. The van der Waals surface area contributed by atoms with Crippen LogP contribution in [-0.2, 0) is 120 Å². The number of unbranched alkanes of at least 4 members (excludes halogenated alkanes) is 1. The van der Waals surface area contributed by atoms with Crippen LogP contribution in [0.5, 0.6) is 11.5 Å². The number of phenols is 2. The number of para-hydroxylation sites is 1. The number of carbonyl (C=O) groups excluding carboxylic acids is 16. The highest BCUT2D eigenvalue weighted by molar-refractivity contribution is 8.00. The zero-order valence-corrected chi connectivity index (χ0v) is 76.2. The molecule has 0 aliphatic carbocycles. The van der Waals surface area contributed by atoms with E-state index in [9.17, 15) is 48.6 Å². The van der Waals surface area contributed by atoms with Gasteiger partial charge in [0.05, 0.1) is 30.8 Å². The van der Waals surface area contributed by atoms with E-state index in [4.69, 9.17) is 10.5 Å². The van der Waals surface area contributed by atoms with Gasteiger partial charge in [0.2, 0.25) is 70.9 Å². The lowest BCUT2D eigenvalue weighted by atomic mass is 9.84. The maximum atomic E-state index is 15.5. The second-order valence-corrected chi connectivity index (χ2v) is 35.1. The summed E-state index contributed by atoms with van der Waals surface area (Å²) in [6.07, 6.45) is -1.65. The van der Waals surface area contributed by atoms with Gasteiger partial charge in [-0.2, -0.15) is 0 Å². The molecular weight excluding hydrogens is 1710 g/mol. The summed E-state index contributed by atoms with van der Waals surface area (Å²) in [4.78, 5) is 244. The average molecular weight is 1830 g/mol. The number of aromatic amines is 1. The number of aromatic hydroxyl groups is 2. The maximum Gasteiger partial charge on any atom is 0.293 e. The molecule has 32 nitrogen and oxygen atoms in total. The Bertz CT molecular complexity index is 5140. The van der Waals surface area contributed by atoms with Crippen molar-refractivity contribution in [3.63, 3.8) is 0 Å². The first-order chi connectivity index (χ1) is 62.3. The van der Waals surface area contributed by atoms with Crippen LogP contribution in [-0.4, -0.2) is 255 Å². The van der Waals surface area contributed by atoms with Crippen LogP contribution < -0.4 is 37.6 Å². The van der Waals surface area contributed by atoms with E-state index in [-0.39, 0.29) is 74.4 Å². The van der Waals surface area contributed by atoms with E-state index in [1.165, 1.54) is 83.8 Å². The molecule has 11 N–H and O–H groups in total. The molecule has 1 aliphatic rings. The van der Waals surface area contributed by atoms with E-state index in [2.05, 4.69) is 36.9 Å². The molecule has 131 heavy (non-hydrogen) atoms. The number of likely N-dealkylation sites (N-methyl/N-ethyl adjacent to an activating group) is 5. The number of amides is 12. The number of fused-ring (bicyclic) bond motifs is 1. The van der Waals surface area contributed by atoms with Crippen molar-refractivity contribution in [2.24, 2.45) is 29.4 Å². The Labute approximate surface area is 764 Å². The topological polar surface area (TPSA) is 453 Å². The fraction of sp³-hybridized carbons (Fsp3) is 0.438. The summed E-state index contributed by atoms with van der Waals surface area (Å²) in [5.41, 5.74) is 8.42. The summed E-state index contributed by atoms with van der Waals surface area (Å²) in [5.74, 6) is -19.8. The molecule has 1 saturated heterocycles. The lowest BCUT2D eigenvalue weighted by Crippen LogP contribution is -2.59. The number of ether oxygens (including phenoxy) is 1. The summed E-state index contributed by atoms with van der Waals surface area (Å²) >= 11 is 0.767. The molecule has 2 heterocycles. The highest BCUT2D eigenvalue weighted by Gasteiger charge is 2.42. The van der Waals surface area contributed by atoms with Crippen LogP contribution in [0, 0.1) is 35.3 Å². The van der Waals surface area contributed by atoms with Gasteiger partial charge < -0.3 is 82.1 Å². The molecule has 8 rings (SSSR count). The summed E-state index contributed by atoms with van der Waals surface area (Å²) in [6, 6.07) is 24.1. The third kappa shape index (κ3) is 31.3. The van der Waals surface area contributed by atoms with E-state index >= 15 is 47.1 Å². The van der Waals surface area contributed by atoms with Crippen molar-refractivity contribution in [2.45, 2.75) is 179 Å². The minimum Gasteiger partial charge on any atom is -0.508 e. The Balaban J connectivity index is 1.22. The van der Waals surface area contributed by atoms with Crippen LogP contribution in [0.1, 0.15) is 119 Å². The highest BCUT2D eigenvalue weighted by Crippen LogP contribution is 2.28. The van der Waals surface area contributed by atoms with Crippen molar-refractivity contribution >= 4 is 117 Å².